The molecule has 0 saturated heterocycles. The molecule has 0 fully saturated rings. The Labute approximate surface area is 124 Å². The molecule has 1 aromatic rings. The molecule has 0 bridgehead atoms. The number of unbranched alkanes of at least 4 members (excludes halogenated alkanes) is 2. The van der Waals surface area contributed by atoms with Gasteiger partial charge in [-0.3, -0.25) is 9.59 Å². The van der Waals surface area contributed by atoms with Crippen LogP contribution in [-0.2, 0) is 16.0 Å². The van der Waals surface area contributed by atoms with Crippen LogP contribution in [0.25, 0.3) is 0 Å². The summed E-state index contributed by atoms with van der Waals surface area (Å²) in [7, 11) is 0. The van der Waals surface area contributed by atoms with E-state index in [2.05, 4.69) is 17.5 Å². The fourth-order valence-electron chi connectivity index (χ4n) is 2.05. The number of carbonyl (C=O) groups excluding carboxylic acids is 1. The van der Waals surface area contributed by atoms with Gasteiger partial charge in [0.15, 0.2) is 0 Å². The van der Waals surface area contributed by atoms with Crippen LogP contribution in [-0.4, -0.2) is 35.0 Å². The van der Waals surface area contributed by atoms with Crippen LogP contribution in [0.1, 0.15) is 43.9 Å². The van der Waals surface area contributed by atoms with E-state index in [4.69, 9.17) is 5.11 Å². The van der Waals surface area contributed by atoms with Crippen LogP contribution in [0.15, 0.2) is 17.5 Å². The predicted molar refractivity (Wildman–Crippen MR) is 81.0 cm³/mol. The van der Waals surface area contributed by atoms with Gasteiger partial charge in [-0.25, -0.2) is 0 Å². The molecule has 4 nitrogen and oxygen atoms in total. The van der Waals surface area contributed by atoms with E-state index < -0.39 is 5.97 Å². The van der Waals surface area contributed by atoms with Gasteiger partial charge in [-0.2, -0.15) is 0 Å². The van der Waals surface area contributed by atoms with Crippen molar-refractivity contribution >= 4 is 23.2 Å². The van der Waals surface area contributed by atoms with Crippen molar-refractivity contribution < 1.29 is 14.7 Å². The Morgan fingerprint density at radius 2 is 2.05 bits per heavy atom. The third kappa shape index (κ3) is 6.70. The zero-order chi connectivity index (χ0) is 14.8. The summed E-state index contributed by atoms with van der Waals surface area (Å²) in [6.07, 6.45) is 4.67. The summed E-state index contributed by atoms with van der Waals surface area (Å²) >= 11 is 1.77. The summed E-state index contributed by atoms with van der Waals surface area (Å²) < 4.78 is 0. The number of thiophene rings is 1. The van der Waals surface area contributed by atoms with Gasteiger partial charge in [0.25, 0.3) is 0 Å². The van der Waals surface area contributed by atoms with E-state index in [1.54, 1.807) is 16.2 Å². The zero-order valence-electron chi connectivity index (χ0n) is 12.0. The third-order valence-corrected chi connectivity index (χ3v) is 4.16. The number of hydrogen-bond donors (Lipinski definition) is 1. The quantitative estimate of drug-likeness (QED) is 0.675. The summed E-state index contributed by atoms with van der Waals surface area (Å²) in [4.78, 5) is 25.5. The average Bonchev–Trinajstić information content (AvgIpc) is 2.92. The first-order chi connectivity index (χ1) is 9.63. The molecule has 20 heavy (non-hydrogen) atoms. The molecule has 0 aromatic carbocycles. The van der Waals surface area contributed by atoms with Crippen LogP contribution in [0, 0.1) is 0 Å². The van der Waals surface area contributed by atoms with E-state index in [0.717, 1.165) is 25.7 Å². The second kappa shape index (κ2) is 9.53. The van der Waals surface area contributed by atoms with E-state index in [1.807, 2.05) is 6.92 Å². The minimum Gasteiger partial charge on any atom is -0.481 e. The molecule has 1 aromatic heterocycles. The van der Waals surface area contributed by atoms with E-state index in [0.29, 0.717) is 19.5 Å². The molecule has 0 unspecified atom stereocenters. The van der Waals surface area contributed by atoms with Crippen molar-refractivity contribution in [1.82, 2.24) is 4.90 Å². The maximum atomic E-state index is 11.9. The highest BCUT2D eigenvalue weighted by Crippen LogP contribution is 2.13. The minimum absolute atomic E-state index is 0.0258. The van der Waals surface area contributed by atoms with Crippen LogP contribution in [0.4, 0.5) is 0 Å². The SMILES string of the molecule is CCN(CCC(=O)O)C(=O)CCCCCc1cccs1. The molecule has 0 spiro atoms. The van der Waals surface area contributed by atoms with Crippen LogP contribution in [0.3, 0.4) is 0 Å². The summed E-state index contributed by atoms with van der Waals surface area (Å²) in [5.41, 5.74) is 0. The van der Waals surface area contributed by atoms with Gasteiger partial charge < -0.3 is 10.0 Å². The summed E-state index contributed by atoms with van der Waals surface area (Å²) in [5.74, 6) is -0.780. The standard InChI is InChI=1S/C15H23NO3S/c1-2-16(11-10-15(18)19)14(17)9-5-3-4-7-13-8-6-12-20-13/h6,8,12H,2-5,7,9-11H2,1H3,(H,18,19). The number of carbonyl (C=O) groups is 2. The highest BCUT2D eigenvalue weighted by molar-refractivity contribution is 7.09. The van der Waals surface area contributed by atoms with E-state index in [1.165, 1.54) is 4.88 Å². The number of rotatable bonds is 10. The van der Waals surface area contributed by atoms with Gasteiger partial charge in [0.05, 0.1) is 6.42 Å². The molecule has 0 saturated carbocycles. The van der Waals surface area contributed by atoms with Crippen molar-refractivity contribution in [2.45, 2.75) is 45.4 Å². The van der Waals surface area contributed by atoms with Crippen molar-refractivity contribution in [2.24, 2.45) is 0 Å². The number of nitrogens with zero attached hydrogens (tertiary/aromatic N) is 1. The molecule has 0 aliphatic carbocycles. The van der Waals surface area contributed by atoms with Gasteiger partial charge in [0.2, 0.25) is 5.91 Å². The van der Waals surface area contributed by atoms with Crippen LogP contribution < -0.4 is 0 Å². The Morgan fingerprint density at radius 1 is 1.25 bits per heavy atom. The predicted octanol–water partition coefficient (Wildman–Crippen LogP) is 3.17. The lowest BCUT2D eigenvalue weighted by molar-refractivity contribution is -0.138. The molecule has 5 heteroatoms. The Hall–Kier alpha value is -1.36. The van der Waals surface area contributed by atoms with Crippen LogP contribution in [0.2, 0.25) is 0 Å². The van der Waals surface area contributed by atoms with Crippen molar-refractivity contribution in [3.05, 3.63) is 22.4 Å². The first-order valence-corrected chi connectivity index (χ1v) is 8.03. The molecule has 1 heterocycles. The van der Waals surface area contributed by atoms with E-state index in [9.17, 15) is 9.59 Å². The number of amides is 1. The van der Waals surface area contributed by atoms with Gasteiger partial charge in [-0.15, -0.1) is 11.3 Å². The lowest BCUT2D eigenvalue weighted by atomic mass is 10.1. The zero-order valence-corrected chi connectivity index (χ0v) is 12.8. The number of carboxylic acid groups (broad SMARTS) is 1. The fraction of sp³-hybridized carbons (Fsp3) is 0.600. The largest absolute Gasteiger partial charge is 0.481 e. The number of hydrogen-bond acceptors (Lipinski definition) is 3. The third-order valence-electron chi connectivity index (χ3n) is 3.22. The molecular formula is C15H23NO3S. The summed E-state index contributed by atoms with van der Waals surface area (Å²) in [6.45, 7) is 2.79. The van der Waals surface area contributed by atoms with Gasteiger partial charge in [0, 0.05) is 24.4 Å². The second-order valence-corrected chi connectivity index (χ2v) is 5.79. The molecule has 0 aliphatic heterocycles. The average molecular weight is 297 g/mol. The number of carboxylic acids is 1. The molecular weight excluding hydrogens is 274 g/mol. The molecule has 0 aliphatic rings. The highest BCUT2D eigenvalue weighted by Gasteiger charge is 2.12. The lowest BCUT2D eigenvalue weighted by Crippen LogP contribution is -2.32. The molecule has 0 radical (unpaired) electrons. The maximum Gasteiger partial charge on any atom is 0.305 e. The van der Waals surface area contributed by atoms with Crippen molar-refractivity contribution in [1.29, 1.82) is 0 Å². The highest BCUT2D eigenvalue weighted by atomic mass is 32.1. The number of aliphatic carboxylic acids is 1. The molecule has 1 amide bonds. The summed E-state index contributed by atoms with van der Waals surface area (Å²) in [5, 5.41) is 10.7. The first kappa shape index (κ1) is 16.7. The maximum absolute atomic E-state index is 11.9. The lowest BCUT2D eigenvalue weighted by Gasteiger charge is -2.19. The molecule has 112 valence electrons. The Bertz CT molecular complexity index is 403. The monoisotopic (exact) mass is 297 g/mol. The fourth-order valence-corrected chi connectivity index (χ4v) is 2.81. The van der Waals surface area contributed by atoms with Gasteiger partial charge in [0.1, 0.15) is 0 Å². The van der Waals surface area contributed by atoms with Gasteiger partial charge in [-0.1, -0.05) is 12.5 Å². The molecule has 0 atom stereocenters. The van der Waals surface area contributed by atoms with E-state index in [-0.39, 0.29) is 12.3 Å². The Kier molecular flexibility index (Phi) is 7.95. The van der Waals surface area contributed by atoms with Crippen molar-refractivity contribution in [2.75, 3.05) is 13.1 Å². The Balaban J connectivity index is 2.12. The molecule has 1 N–H and O–H groups in total. The van der Waals surface area contributed by atoms with Crippen LogP contribution >= 0.6 is 11.3 Å². The van der Waals surface area contributed by atoms with E-state index >= 15 is 0 Å². The van der Waals surface area contributed by atoms with Crippen molar-refractivity contribution in [3.8, 4) is 0 Å². The minimum atomic E-state index is -0.854. The normalized spacial score (nSPS) is 10.4. The molecule has 1 rings (SSSR count). The topological polar surface area (TPSA) is 57.6 Å². The van der Waals surface area contributed by atoms with Gasteiger partial charge >= 0.3 is 5.97 Å². The van der Waals surface area contributed by atoms with Gasteiger partial charge in [-0.05, 0) is 37.6 Å². The first-order valence-electron chi connectivity index (χ1n) is 7.15. The summed E-state index contributed by atoms with van der Waals surface area (Å²) in [6, 6.07) is 4.20. The number of aryl methyl sites for hydroxylation is 1. The Morgan fingerprint density at radius 3 is 2.65 bits per heavy atom. The van der Waals surface area contributed by atoms with Crippen molar-refractivity contribution in [3.63, 3.8) is 0 Å². The van der Waals surface area contributed by atoms with Crippen LogP contribution in [0.5, 0.6) is 0 Å². The second-order valence-electron chi connectivity index (χ2n) is 4.76. The smallest absolute Gasteiger partial charge is 0.305 e.